The van der Waals surface area contributed by atoms with Crippen LogP contribution in [0.3, 0.4) is 0 Å². The minimum atomic E-state index is -0.361. The van der Waals surface area contributed by atoms with Gasteiger partial charge in [-0.2, -0.15) is 10.2 Å². The predicted octanol–water partition coefficient (Wildman–Crippen LogP) is 1.55. The number of ether oxygens (including phenoxy) is 1. The number of nitrogens with zero attached hydrogens (tertiary/aromatic N) is 2. The number of hydrogen-bond donors (Lipinski definition) is 1. The number of carbonyl (C=O) groups excluding carboxylic acids is 1. The van der Waals surface area contributed by atoms with Crippen LogP contribution in [0.15, 0.2) is 18.5 Å². The van der Waals surface area contributed by atoms with Crippen LogP contribution in [-0.4, -0.2) is 33.3 Å². The zero-order chi connectivity index (χ0) is 13.4. The number of amides is 1. The number of nitrogens with one attached hydrogen (secondary N) is 1. The molecule has 0 aliphatic carbocycles. The van der Waals surface area contributed by atoms with Crippen LogP contribution in [0.5, 0.6) is 0 Å². The topological polar surface area (TPSA) is 64.1 Å². The first-order chi connectivity index (χ1) is 8.30. The van der Waals surface area contributed by atoms with Gasteiger partial charge in [0.2, 0.25) is 0 Å². The summed E-state index contributed by atoms with van der Waals surface area (Å²) in [7, 11) is 0. The van der Waals surface area contributed by atoms with Crippen LogP contribution in [0, 0.1) is 0 Å². The van der Waals surface area contributed by atoms with Crippen molar-refractivity contribution in [1.29, 1.82) is 0 Å². The summed E-state index contributed by atoms with van der Waals surface area (Å²) >= 11 is 0. The summed E-state index contributed by atoms with van der Waals surface area (Å²) in [5.74, 6) is -0.135. The van der Waals surface area contributed by atoms with Crippen LogP contribution in [0.1, 0.15) is 44.5 Å². The zero-order valence-corrected chi connectivity index (χ0v) is 11.2. The van der Waals surface area contributed by atoms with Crippen molar-refractivity contribution in [3.63, 3.8) is 0 Å². The zero-order valence-electron chi connectivity index (χ0n) is 11.2. The lowest BCUT2D eigenvalue weighted by molar-refractivity contribution is -0.0693. The molecule has 1 unspecified atom stereocenters. The van der Waals surface area contributed by atoms with Crippen molar-refractivity contribution in [2.75, 3.05) is 0 Å². The summed E-state index contributed by atoms with van der Waals surface area (Å²) in [4.78, 5) is 12.1. The molecular weight excluding hydrogens is 230 g/mol. The molecule has 1 fully saturated rings. The molecule has 0 spiro atoms. The lowest BCUT2D eigenvalue weighted by atomic mass is 9.94. The third kappa shape index (κ3) is 2.67. The molecule has 1 aliphatic heterocycles. The van der Waals surface area contributed by atoms with Gasteiger partial charge in [0.1, 0.15) is 0 Å². The molecule has 1 aromatic heterocycles. The predicted molar refractivity (Wildman–Crippen MR) is 67.1 cm³/mol. The van der Waals surface area contributed by atoms with E-state index in [2.05, 4.69) is 15.5 Å². The van der Waals surface area contributed by atoms with E-state index in [9.17, 15) is 4.79 Å². The van der Waals surface area contributed by atoms with E-state index in [0.717, 1.165) is 6.42 Å². The van der Waals surface area contributed by atoms with Crippen molar-refractivity contribution in [3.05, 3.63) is 24.0 Å². The Hall–Kier alpha value is -1.49. The molecule has 2 heterocycles. The van der Waals surface area contributed by atoms with Crippen LogP contribution in [0.2, 0.25) is 0 Å². The van der Waals surface area contributed by atoms with Crippen molar-refractivity contribution in [2.24, 2.45) is 0 Å². The first kappa shape index (κ1) is 13.0. The van der Waals surface area contributed by atoms with E-state index >= 15 is 0 Å². The molecule has 1 saturated heterocycles. The highest BCUT2D eigenvalue weighted by Gasteiger charge is 2.46. The maximum atomic E-state index is 12.1. The van der Waals surface area contributed by atoms with E-state index < -0.39 is 0 Å². The summed E-state index contributed by atoms with van der Waals surface area (Å²) in [5.41, 5.74) is -0.0529. The van der Waals surface area contributed by atoms with Gasteiger partial charge in [-0.15, -0.1) is 0 Å². The Morgan fingerprint density at radius 1 is 1.39 bits per heavy atom. The van der Waals surface area contributed by atoms with Gasteiger partial charge >= 0.3 is 0 Å². The van der Waals surface area contributed by atoms with Crippen LogP contribution < -0.4 is 5.32 Å². The first-order valence-corrected chi connectivity index (χ1v) is 6.08. The second-order valence-electron chi connectivity index (χ2n) is 5.83. The monoisotopic (exact) mass is 249 g/mol. The van der Waals surface area contributed by atoms with Crippen molar-refractivity contribution in [1.82, 2.24) is 15.5 Å². The van der Waals surface area contributed by atoms with E-state index in [1.807, 2.05) is 27.7 Å². The summed E-state index contributed by atoms with van der Waals surface area (Å²) in [6, 6.07) is 1.64. The largest absolute Gasteiger partial charge is 0.367 e. The fourth-order valence-corrected chi connectivity index (χ4v) is 2.45. The van der Waals surface area contributed by atoms with Gasteiger partial charge in [0, 0.05) is 0 Å². The highest BCUT2D eigenvalue weighted by molar-refractivity contribution is 5.94. The van der Waals surface area contributed by atoms with Crippen molar-refractivity contribution in [3.8, 4) is 0 Å². The van der Waals surface area contributed by atoms with Gasteiger partial charge in [-0.1, -0.05) is 0 Å². The molecule has 0 saturated carbocycles. The molecule has 5 heteroatoms. The maximum Gasteiger partial charge on any atom is 0.253 e. The molecule has 5 nitrogen and oxygen atoms in total. The fraction of sp³-hybridized carbons (Fsp3) is 0.615. The fourth-order valence-electron chi connectivity index (χ4n) is 2.45. The maximum absolute atomic E-state index is 12.1. The Labute approximate surface area is 107 Å². The minimum Gasteiger partial charge on any atom is -0.367 e. The van der Waals surface area contributed by atoms with Crippen LogP contribution in [-0.2, 0) is 4.74 Å². The summed E-state index contributed by atoms with van der Waals surface area (Å²) in [5, 5.41) is 10.4. The summed E-state index contributed by atoms with van der Waals surface area (Å²) in [6.45, 7) is 8.07. The number of hydrogen-bond acceptors (Lipinski definition) is 4. The van der Waals surface area contributed by atoms with E-state index in [4.69, 9.17) is 4.74 Å². The number of rotatable bonds is 2. The first-order valence-electron chi connectivity index (χ1n) is 6.08. The molecule has 0 radical (unpaired) electrons. The Morgan fingerprint density at radius 3 is 2.61 bits per heavy atom. The molecule has 1 atom stereocenters. The molecule has 1 aromatic rings. The highest BCUT2D eigenvalue weighted by atomic mass is 16.5. The molecule has 0 bridgehead atoms. The molecule has 98 valence electrons. The molecule has 2 rings (SSSR count). The van der Waals surface area contributed by atoms with E-state index in [0.29, 0.717) is 5.56 Å². The number of aromatic nitrogens is 2. The third-order valence-corrected chi connectivity index (χ3v) is 3.23. The molecule has 1 aliphatic rings. The highest BCUT2D eigenvalue weighted by Crippen LogP contribution is 2.37. The Kier molecular flexibility index (Phi) is 3.11. The smallest absolute Gasteiger partial charge is 0.253 e. The van der Waals surface area contributed by atoms with Crippen molar-refractivity contribution < 1.29 is 9.53 Å². The van der Waals surface area contributed by atoms with Gasteiger partial charge in [0.15, 0.2) is 0 Å². The normalized spacial score (nSPS) is 24.8. The van der Waals surface area contributed by atoms with Crippen LogP contribution in [0.25, 0.3) is 0 Å². The van der Waals surface area contributed by atoms with E-state index in [1.54, 1.807) is 6.07 Å². The molecular formula is C13H19N3O2. The Morgan fingerprint density at radius 2 is 2.11 bits per heavy atom. The lowest BCUT2D eigenvalue weighted by Crippen LogP contribution is -2.46. The second kappa shape index (κ2) is 4.31. The third-order valence-electron chi connectivity index (χ3n) is 3.23. The van der Waals surface area contributed by atoms with Gasteiger partial charge in [-0.05, 0) is 40.2 Å². The van der Waals surface area contributed by atoms with Crippen LogP contribution in [0.4, 0.5) is 0 Å². The van der Waals surface area contributed by atoms with E-state index in [1.165, 1.54) is 12.4 Å². The minimum absolute atomic E-state index is 0.00633. The Balaban J connectivity index is 2.09. The van der Waals surface area contributed by atoms with Crippen molar-refractivity contribution >= 4 is 5.91 Å². The van der Waals surface area contributed by atoms with Gasteiger partial charge < -0.3 is 10.1 Å². The van der Waals surface area contributed by atoms with E-state index in [-0.39, 0.29) is 23.2 Å². The Bertz CT molecular complexity index is 443. The lowest BCUT2D eigenvalue weighted by Gasteiger charge is -2.27. The molecule has 1 amide bonds. The molecule has 0 aromatic carbocycles. The SMILES string of the molecule is CC1(C)CC(NC(=O)c2ccnnc2)C(C)(C)O1. The van der Waals surface area contributed by atoms with Gasteiger partial charge in [-0.3, -0.25) is 4.79 Å². The molecule has 18 heavy (non-hydrogen) atoms. The quantitative estimate of drug-likeness (QED) is 0.863. The van der Waals surface area contributed by atoms with Gasteiger partial charge in [0.05, 0.1) is 35.2 Å². The average Bonchev–Trinajstić information content (AvgIpc) is 2.48. The average molecular weight is 249 g/mol. The van der Waals surface area contributed by atoms with Gasteiger partial charge in [-0.25, -0.2) is 0 Å². The number of carbonyl (C=O) groups is 1. The molecule has 1 N–H and O–H groups in total. The summed E-state index contributed by atoms with van der Waals surface area (Å²) < 4.78 is 5.94. The summed E-state index contributed by atoms with van der Waals surface area (Å²) in [6.07, 6.45) is 3.77. The van der Waals surface area contributed by atoms with Gasteiger partial charge in [0.25, 0.3) is 5.91 Å². The standard InChI is InChI=1S/C13H19N3O2/c1-12(2)7-10(13(3,4)18-12)16-11(17)9-5-6-14-15-8-9/h5-6,8,10H,7H2,1-4H3,(H,16,17). The van der Waals surface area contributed by atoms with Crippen molar-refractivity contribution in [2.45, 2.75) is 51.4 Å². The van der Waals surface area contributed by atoms with Crippen LogP contribution >= 0.6 is 0 Å². The second-order valence-corrected chi connectivity index (χ2v) is 5.83.